The van der Waals surface area contributed by atoms with Crippen molar-refractivity contribution < 1.29 is 13.5 Å². The van der Waals surface area contributed by atoms with Gasteiger partial charge < -0.3 is 9.29 Å². The van der Waals surface area contributed by atoms with E-state index in [0.717, 1.165) is 12.8 Å². The first-order valence-electron chi connectivity index (χ1n) is 5.12. The first kappa shape index (κ1) is 10.6. The van der Waals surface area contributed by atoms with Crippen molar-refractivity contribution in [3.63, 3.8) is 0 Å². The van der Waals surface area contributed by atoms with E-state index < -0.39 is 11.1 Å². The molecule has 0 N–H and O–H groups in total. The molecule has 1 fully saturated rings. The van der Waals surface area contributed by atoms with Gasteiger partial charge in [0.2, 0.25) is 0 Å². The van der Waals surface area contributed by atoms with E-state index >= 15 is 0 Å². The maximum atomic E-state index is 10.7. The van der Waals surface area contributed by atoms with Crippen LogP contribution in [0.25, 0.3) is 0 Å². The van der Waals surface area contributed by atoms with Crippen molar-refractivity contribution >= 4 is 11.1 Å². The van der Waals surface area contributed by atoms with E-state index in [1.165, 1.54) is 12.8 Å². The zero-order valence-electron chi connectivity index (χ0n) is 8.35. The SMILES string of the molecule is O=S([O-])c1cccc(OC2CCCC2)c1. The number of hydrogen-bond donors (Lipinski definition) is 0. The minimum atomic E-state index is -2.17. The maximum Gasteiger partial charge on any atom is 0.120 e. The molecule has 0 radical (unpaired) electrons. The van der Waals surface area contributed by atoms with Crippen molar-refractivity contribution in [2.24, 2.45) is 0 Å². The van der Waals surface area contributed by atoms with Crippen molar-refractivity contribution in [2.45, 2.75) is 36.7 Å². The van der Waals surface area contributed by atoms with Crippen LogP contribution in [0.1, 0.15) is 25.7 Å². The maximum absolute atomic E-state index is 10.7. The molecule has 15 heavy (non-hydrogen) atoms. The van der Waals surface area contributed by atoms with Gasteiger partial charge in [-0.2, -0.15) is 0 Å². The van der Waals surface area contributed by atoms with Gasteiger partial charge in [0.1, 0.15) is 5.75 Å². The van der Waals surface area contributed by atoms with Gasteiger partial charge in [-0.05, 0) is 55.0 Å². The lowest BCUT2D eigenvalue weighted by atomic mass is 10.3. The Morgan fingerprint density at radius 3 is 2.73 bits per heavy atom. The van der Waals surface area contributed by atoms with Crippen molar-refractivity contribution in [1.29, 1.82) is 0 Å². The monoisotopic (exact) mass is 225 g/mol. The Balaban J connectivity index is 2.07. The zero-order chi connectivity index (χ0) is 10.7. The van der Waals surface area contributed by atoms with Crippen LogP contribution in [0.5, 0.6) is 5.75 Å². The Labute approximate surface area is 91.7 Å². The summed E-state index contributed by atoms with van der Waals surface area (Å²) in [4.78, 5) is 0.283. The highest BCUT2D eigenvalue weighted by Gasteiger charge is 2.16. The minimum absolute atomic E-state index is 0.264. The molecule has 0 amide bonds. The first-order chi connectivity index (χ1) is 7.25. The predicted molar refractivity (Wildman–Crippen MR) is 56.5 cm³/mol. The number of rotatable bonds is 3. The zero-order valence-corrected chi connectivity index (χ0v) is 9.16. The van der Waals surface area contributed by atoms with Gasteiger partial charge in [0.05, 0.1) is 6.10 Å². The number of ether oxygens (including phenoxy) is 1. The fourth-order valence-electron chi connectivity index (χ4n) is 1.85. The van der Waals surface area contributed by atoms with Crippen LogP contribution in [-0.4, -0.2) is 14.9 Å². The molecule has 1 aliphatic carbocycles. The third-order valence-corrected chi connectivity index (χ3v) is 3.24. The smallest absolute Gasteiger partial charge is 0.120 e. The van der Waals surface area contributed by atoms with Gasteiger partial charge in [0.15, 0.2) is 0 Å². The molecule has 1 aliphatic rings. The summed E-state index contributed by atoms with van der Waals surface area (Å²) < 4.78 is 27.2. The second-order valence-electron chi connectivity index (χ2n) is 3.73. The Morgan fingerprint density at radius 2 is 2.07 bits per heavy atom. The molecule has 0 saturated heterocycles. The van der Waals surface area contributed by atoms with Crippen molar-refractivity contribution in [1.82, 2.24) is 0 Å². The highest BCUT2D eigenvalue weighted by Crippen LogP contribution is 2.24. The van der Waals surface area contributed by atoms with Crippen molar-refractivity contribution in [3.05, 3.63) is 24.3 Å². The summed E-state index contributed by atoms with van der Waals surface area (Å²) in [6.07, 6.45) is 4.82. The number of benzene rings is 1. The molecule has 0 aliphatic heterocycles. The van der Waals surface area contributed by atoms with Crippen molar-refractivity contribution in [2.75, 3.05) is 0 Å². The lowest BCUT2D eigenvalue weighted by Gasteiger charge is -2.14. The molecule has 1 aromatic rings. The van der Waals surface area contributed by atoms with Crippen LogP contribution in [-0.2, 0) is 11.1 Å². The molecule has 0 aromatic heterocycles. The standard InChI is InChI=1S/C11H14O3S/c12-15(13)11-7-3-6-10(8-11)14-9-4-1-2-5-9/h3,6-9H,1-2,4-5H2,(H,12,13)/p-1. The highest BCUT2D eigenvalue weighted by atomic mass is 32.2. The van der Waals surface area contributed by atoms with Crippen LogP contribution in [0.4, 0.5) is 0 Å². The van der Waals surface area contributed by atoms with Gasteiger partial charge in [0.25, 0.3) is 0 Å². The summed E-state index contributed by atoms with van der Waals surface area (Å²) in [5, 5.41) is 0. The molecule has 3 nitrogen and oxygen atoms in total. The van der Waals surface area contributed by atoms with E-state index in [0.29, 0.717) is 5.75 Å². The Morgan fingerprint density at radius 1 is 1.33 bits per heavy atom. The summed E-state index contributed by atoms with van der Waals surface area (Å²) in [6, 6.07) is 6.64. The van der Waals surface area contributed by atoms with Crippen LogP contribution >= 0.6 is 0 Å². The van der Waals surface area contributed by atoms with Gasteiger partial charge in [-0.3, -0.25) is 4.21 Å². The normalized spacial score (nSPS) is 19.0. The summed E-state index contributed by atoms with van der Waals surface area (Å²) in [7, 11) is 0. The molecule has 1 atom stereocenters. The van der Waals surface area contributed by atoms with Crippen LogP contribution in [0.2, 0.25) is 0 Å². The Hall–Kier alpha value is -0.870. The van der Waals surface area contributed by atoms with E-state index in [2.05, 4.69) is 0 Å². The molecule has 2 rings (SSSR count). The third kappa shape index (κ3) is 2.79. The molecule has 1 aromatic carbocycles. The molecule has 4 heteroatoms. The quantitative estimate of drug-likeness (QED) is 0.741. The van der Waals surface area contributed by atoms with E-state index in [1.807, 2.05) is 0 Å². The fourth-order valence-corrected chi connectivity index (χ4v) is 2.25. The molecule has 0 spiro atoms. The van der Waals surface area contributed by atoms with Gasteiger partial charge in [-0.15, -0.1) is 0 Å². The van der Waals surface area contributed by atoms with Gasteiger partial charge >= 0.3 is 0 Å². The van der Waals surface area contributed by atoms with Crippen LogP contribution in [0.15, 0.2) is 29.2 Å². The third-order valence-electron chi connectivity index (χ3n) is 2.60. The van der Waals surface area contributed by atoms with Crippen LogP contribution < -0.4 is 4.74 Å². The average Bonchev–Trinajstić information content (AvgIpc) is 2.71. The highest BCUT2D eigenvalue weighted by molar-refractivity contribution is 7.79. The lowest BCUT2D eigenvalue weighted by Crippen LogP contribution is -2.10. The van der Waals surface area contributed by atoms with Crippen LogP contribution in [0.3, 0.4) is 0 Å². The summed E-state index contributed by atoms with van der Waals surface area (Å²) in [6.45, 7) is 0. The molecule has 0 heterocycles. The Bertz CT molecular complexity index is 359. The molecule has 1 unspecified atom stereocenters. The fraction of sp³-hybridized carbons (Fsp3) is 0.455. The first-order valence-corrected chi connectivity index (χ1v) is 6.19. The van der Waals surface area contributed by atoms with E-state index in [-0.39, 0.29) is 11.0 Å². The summed E-state index contributed by atoms with van der Waals surface area (Å²) in [5.74, 6) is 0.656. The van der Waals surface area contributed by atoms with Gasteiger partial charge in [-0.1, -0.05) is 6.07 Å². The van der Waals surface area contributed by atoms with E-state index in [4.69, 9.17) is 4.74 Å². The summed E-state index contributed by atoms with van der Waals surface area (Å²) >= 11 is -2.17. The largest absolute Gasteiger partial charge is 0.768 e. The van der Waals surface area contributed by atoms with Crippen LogP contribution in [0, 0.1) is 0 Å². The molecular weight excluding hydrogens is 212 g/mol. The van der Waals surface area contributed by atoms with E-state index in [9.17, 15) is 8.76 Å². The van der Waals surface area contributed by atoms with Gasteiger partial charge in [0, 0.05) is 4.90 Å². The topological polar surface area (TPSA) is 49.4 Å². The molecule has 1 saturated carbocycles. The second kappa shape index (κ2) is 4.77. The van der Waals surface area contributed by atoms with Gasteiger partial charge in [-0.25, -0.2) is 0 Å². The average molecular weight is 225 g/mol. The van der Waals surface area contributed by atoms with E-state index in [1.54, 1.807) is 24.3 Å². The molecular formula is C11H13O3S-. The van der Waals surface area contributed by atoms with Crippen molar-refractivity contribution in [3.8, 4) is 5.75 Å². The molecule has 82 valence electrons. The lowest BCUT2D eigenvalue weighted by molar-refractivity contribution is 0.209. The minimum Gasteiger partial charge on any atom is -0.768 e. The second-order valence-corrected chi connectivity index (χ2v) is 4.67. The Kier molecular flexibility index (Phi) is 3.38. The number of hydrogen-bond acceptors (Lipinski definition) is 3. The summed E-state index contributed by atoms with van der Waals surface area (Å²) in [5.41, 5.74) is 0. The predicted octanol–water partition coefficient (Wildman–Crippen LogP) is 2.25. The molecule has 0 bridgehead atoms.